The van der Waals surface area contributed by atoms with Gasteiger partial charge in [0.25, 0.3) is 5.91 Å². The molecule has 1 aromatic carbocycles. The number of nitrogens with zero attached hydrogens (tertiary/aromatic N) is 1. The highest BCUT2D eigenvalue weighted by molar-refractivity contribution is 5.97. The van der Waals surface area contributed by atoms with Crippen LogP contribution in [0.1, 0.15) is 41.6 Å². The van der Waals surface area contributed by atoms with Crippen LogP contribution < -0.4 is 5.32 Å². The molecule has 3 atom stereocenters. The third-order valence-electron chi connectivity index (χ3n) is 5.74. The molecule has 0 spiro atoms. The van der Waals surface area contributed by atoms with E-state index < -0.39 is 0 Å². The van der Waals surface area contributed by atoms with E-state index in [1.54, 1.807) is 0 Å². The van der Waals surface area contributed by atoms with Gasteiger partial charge in [-0.05, 0) is 68.2 Å². The molecule has 2 bridgehead atoms. The van der Waals surface area contributed by atoms with Gasteiger partial charge in [0, 0.05) is 30.3 Å². The summed E-state index contributed by atoms with van der Waals surface area (Å²) in [5.74, 6) is 1.32. The SMILES string of the molecule is Cc1cc(C(=O)N2CCCC2)ccc1NC(=O)C1CC2C=CC1C2. The van der Waals surface area contributed by atoms with E-state index in [1.807, 2.05) is 30.0 Å². The number of rotatable bonds is 3. The number of benzene rings is 1. The van der Waals surface area contributed by atoms with Crippen LogP contribution in [0.4, 0.5) is 5.69 Å². The highest BCUT2D eigenvalue weighted by Crippen LogP contribution is 2.43. The Hall–Kier alpha value is -2.10. The van der Waals surface area contributed by atoms with Gasteiger partial charge < -0.3 is 10.2 Å². The predicted molar refractivity (Wildman–Crippen MR) is 93.8 cm³/mol. The monoisotopic (exact) mass is 324 g/mol. The molecule has 2 fully saturated rings. The van der Waals surface area contributed by atoms with Crippen LogP contribution in [-0.2, 0) is 4.79 Å². The second-order valence-electron chi connectivity index (χ2n) is 7.40. The molecule has 2 aliphatic carbocycles. The zero-order chi connectivity index (χ0) is 16.7. The third-order valence-corrected chi connectivity index (χ3v) is 5.74. The molecule has 1 aliphatic heterocycles. The predicted octanol–water partition coefficient (Wildman–Crippen LogP) is 3.38. The molecule has 3 unspecified atom stereocenters. The van der Waals surface area contributed by atoms with E-state index in [9.17, 15) is 9.59 Å². The summed E-state index contributed by atoms with van der Waals surface area (Å²) in [4.78, 5) is 26.9. The van der Waals surface area contributed by atoms with Gasteiger partial charge in [-0.1, -0.05) is 12.2 Å². The first-order chi connectivity index (χ1) is 11.6. The maximum absolute atomic E-state index is 12.6. The van der Waals surface area contributed by atoms with E-state index in [4.69, 9.17) is 0 Å². The number of hydrogen-bond donors (Lipinski definition) is 1. The number of likely N-dealkylation sites (tertiary alicyclic amines) is 1. The zero-order valence-corrected chi connectivity index (χ0v) is 14.1. The van der Waals surface area contributed by atoms with Crippen molar-refractivity contribution in [3.8, 4) is 0 Å². The summed E-state index contributed by atoms with van der Waals surface area (Å²) in [6, 6.07) is 5.61. The molecule has 2 amide bonds. The molecule has 3 aliphatic rings. The van der Waals surface area contributed by atoms with Crippen molar-refractivity contribution >= 4 is 17.5 Å². The summed E-state index contributed by atoms with van der Waals surface area (Å²) >= 11 is 0. The Kier molecular flexibility index (Phi) is 3.91. The quantitative estimate of drug-likeness (QED) is 0.867. The molecule has 0 aromatic heterocycles. The fraction of sp³-hybridized carbons (Fsp3) is 0.500. The second-order valence-corrected chi connectivity index (χ2v) is 7.40. The van der Waals surface area contributed by atoms with Crippen LogP contribution in [0.5, 0.6) is 0 Å². The lowest BCUT2D eigenvalue weighted by Gasteiger charge is -2.19. The van der Waals surface area contributed by atoms with Crippen LogP contribution in [0.25, 0.3) is 0 Å². The van der Waals surface area contributed by atoms with Gasteiger partial charge in [-0.15, -0.1) is 0 Å². The number of carbonyl (C=O) groups excluding carboxylic acids is 2. The minimum atomic E-state index is 0.102. The van der Waals surface area contributed by atoms with Gasteiger partial charge in [0.05, 0.1) is 0 Å². The summed E-state index contributed by atoms with van der Waals surface area (Å²) in [6.07, 6.45) is 8.73. The smallest absolute Gasteiger partial charge is 0.253 e. The summed E-state index contributed by atoms with van der Waals surface area (Å²) in [5.41, 5.74) is 2.49. The molecule has 4 rings (SSSR count). The average molecular weight is 324 g/mol. The Morgan fingerprint density at radius 1 is 1.12 bits per heavy atom. The Balaban J connectivity index is 1.45. The Morgan fingerprint density at radius 3 is 2.54 bits per heavy atom. The first-order valence-corrected chi connectivity index (χ1v) is 9.01. The van der Waals surface area contributed by atoms with E-state index in [2.05, 4.69) is 17.5 Å². The highest BCUT2D eigenvalue weighted by Gasteiger charge is 2.39. The van der Waals surface area contributed by atoms with Crippen LogP contribution in [0, 0.1) is 24.7 Å². The molecule has 1 N–H and O–H groups in total. The Labute approximate surface area is 142 Å². The summed E-state index contributed by atoms with van der Waals surface area (Å²) in [5, 5.41) is 3.07. The second kappa shape index (κ2) is 6.08. The van der Waals surface area contributed by atoms with Crippen LogP contribution in [0.3, 0.4) is 0 Å². The lowest BCUT2D eigenvalue weighted by molar-refractivity contribution is -0.120. The fourth-order valence-electron chi connectivity index (χ4n) is 4.35. The minimum Gasteiger partial charge on any atom is -0.339 e. The molecule has 0 radical (unpaired) electrons. The molecule has 1 aromatic rings. The normalized spacial score (nSPS) is 27.7. The van der Waals surface area contributed by atoms with Gasteiger partial charge in [-0.25, -0.2) is 0 Å². The molecular weight excluding hydrogens is 300 g/mol. The molecule has 1 saturated heterocycles. The van der Waals surface area contributed by atoms with Crippen molar-refractivity contribution in [2.75, 3.05) is 18.4 Å². The summed E-state index contributed by atoms with van der Waals surface area (Å²) in [7, 11) is 0. The van der Waals surface area contributed by atoms with E-state index in [-0.39, 0.29) is 17.7 Å². The third kappa shape index (κ3) is 2.74. The van der Waals surface area contributed by atoms with Crippen molar-refractivity contribution in [2.24, 2.45) is 17.8 Å². The van der Waals surface area contributed by atoms with Crippen molar-refractivity contribution in [3.05, 3.63) is 41.5 Å². The number of nitrogens with one attached hydrogen (secondary N) is 1. The molecule has 126 valence electrons. The lowest BCUT2D eigenvalue weighted by Crippen LogP contribution is -2.28. The van der Waals surface area contributed by atoms with Gasteiger partial charge in [-0.3, -0.25) is 9.59 Å². The van der Waals surface area contributed by atoms with Crippen molar-refractivity contribution < 1.29 is 9.59 Å². The standard InChI is InChI=1S/C20H24N2O2/c1-13-10-16(20(24)22-8-2-3-9-22)6-7-18(13)21-19(23)17-12-14-4-5-15(17)11-14/h4-7,10,14-15,17H,2-3,8-9,11-12H2,1H3,(H,21,23). The topological polar surface area (TPSA) is 49.4 Å². The number of fused-ring (bicyclic) bond motifs is 2. The molecule has 1 saturated carbocycles. The van der Waals surface area contributed by atoms with Gasteiger partial charge in [0.15, 0.2) is 0 Å². The summed E-state index contributed by atoms with van der Waals surface area (Å²) < 4.78 is 0. The van der Waals surface area contributed by atoms with Crippen LogP contribution in [0.15, 0.2) is 30.4 Å². The van der Waals surface area contributed by atoms with Crippen LogP contribution in [-0.4, -0.2) is 29.8 Å². The van der Waals surface area contributed by atoms with Crippen LogP contribution in [0.2, 0.25) is 0 Å². The zero-order valence-electron chi connectivity index (χ0n) is 14.1. The molecule has 24 heavy (non-hydrogen) atoms. The highest BCUT2D eigenvalue weighted by atomic mass is 16.2. The molecular formula is C20H24N2O2. The van der Waals surface area contributed by atoms with E-state index in [0.29, 0.717) is 11.8 Å². The molecule has 1 heterocycles. The number of allylic oxidation sites excluding steroid dienone is 2. The summed E-state index contributed by atoms with van der Waals surface area (Å²) in [6.45, 7) is 3.67. The van der Waals surface area contributed by atoms with Gasteiger partial charge in [-0.2, -0.15) is 0 Å². The van der Waals surface area contributed by atoms with E-state index >= 15 is 0 Å². The number of carbonyl (C=O) groups is 2. The van der Waals surface area contributed by atoms with Gasteiger partial charge in [0.1, 0.15) is 0 Å². The lowest BCUT2D eigenvalue weighted by atomic mass is 9.92. The van der Waals surface area contributed by atoms with Gasteiger partial charge in [0.2, 0.25) is 5.91 Å². The molecule has 4 nitrogen and oxygen atoms in total. The number of amides is 2. The fourth-order valence-corrected chi connectivity index (χ4v) is 4.35. The first-order valence-electron chi connectivity index (χ1n) is 9.01. The van der Waals surface area contributed by atoms with E-state index in [0.717, 1.165) is 55.6 Å². The van der Waals surface area contributed by atoms with Gasteiger partial charge >= 0.3 is 0 Å². The maximum Gasteiger partial charge on any atom is 0.253 e. The van der Waals surface area contributed by atoms with Crippen molar-refractivity contribution in [1.82, 2.24) is 4.90 Å². The van der Waals surface area contributed by atoms with Crippen LogP contribution >= 0.6 is 0 Å². The average Bonchev–Trinajstić information content (AvgIpc) is 3.33. The first kappa shape index (κ1) is 15.4. The largest absolute Gasteiger partial charge is 0.339 e. The Morgan fingerprint density at radius 2 is 1.92 bits per heavy atom. The minimum absolute atomic E-state index is 0.102. The van der Waals surface area contributed by atoms with Crippen molar-refractivity contribution in [3.63, 3.8) is 0 Å². The van der Waals surface area contributed by atoms with E-state index in [1.165, 1.54) is 0 Å². The number of hydrogen-bond acceptors (Lipinski definition) is 2. The molecule has 4 heteroatoms. The van der Waals surface area contributed by atoms with Crippen molar-refractivity contribution in [2.45, 2.75) is 32.6 Å². The van der Waals surface area contributed by atoms with Crippen molar-refractivity contribution in [1.29, 1.82) is 0 Å². The number of aryl methyl sites for hydroxylation is 1. The Bertz CT molecular complexity index is 704. The maximum atomic E-state index is 12.6. The number of anilines is 1.